The predicted octanol–water partition coefficient (Wildman–Crippen LogP) is 3.06. The van der Waals surface area contributed by atoms with E-state index in [0.717, 1.165) is 16.7 Å². The number of benzene rings is 3. The van der Waals surface area contributed by atoms with Gasteiger partial charge in [-0.05, 0) is 43.7 Å². The van der Waals surface area contributed by atoms with Crippen LogP contribution in [0.15, 0.2) is 96.6 Å². The molecule has 3 aromatic carbocycles. The molecule has 1 aliphatic carbocycles. The Morgan fingerprint density at radius 3 is 1.45 bits per heavy atom. The molecule has 0 aliphatic heterocycles. The first kappa shape index (κ1) is 23.4. The number of hydrogen-bond donors (Lipinski definition) is 3. The van der Waals surface area contributed by atoms with Gasteiger partial charge in [-0.15, -0.1) is 0 Å². The van der Waals surface area contributed by atoms with Crippen molar-refractivity contribution in [3.8, 4) is 0 Å². The summed E-state index contributed by atoms with van der Waals surface area (Å²) in [6, 6.07) is 26.7. The van der Waals surface area contributed by atoms with E-state index >= 15 is 0 Å². The molecule has 6 N–H and O–H groups in total. The SMILES string of the molecule is CC(C)C1=CC([Si](c2cccc(CN)c2)(c2cccc(CN)c2)c2cccc(CN)c2)C=C1. The molecule has 0 saturated heterocycles. The fourth-order valence-electron chi connectivity index (χ4n) is 5.10. The summed E-state index contributed by atoms with van der Waals surface area (Å²) >= 11 is 0. The third kappa shape index (κ3) is 4.40. The molecule has 0 amide bonds. The number of rotatable bonds is 8. The molecule has 170 valence electrons. The molecule has 0 saturated carbocycles. The predicted molar refractivity (Wildman–Crippen MR) is 143 cm³/mol. The number of hydrogen-bond acceptors (Lipinski definition) is 3. The van der Waals surface area contributed by atoms with Crippen molar-refractivity contribution in [3.05, 3.63) is 113 Å². The van der Waals surface area contributed by atoms with Crippen molar-refractivity contribution in [2.24, 2.45) is 23.1 Å². The average molecular weight is 454 g/mol. The molecule has 33 heavy (non-hydrogen) atoms. The highest BCUT2D eigenvalue weighted by atomic mass is 28.3. The van der Waals surface area contributed by atoms with Gasteiger partial charge in [-0.2, -0.15) is 0 Å². The van der Waals surface area contributed by atoms with E-state index in [1.807, 2.05) is 0 Å². The Kier molecular flexibility index (Phi) is 7.10. The zero-order valence-electron chi connectivity index (χ0n) is 19.7. The lowest BCUT2D eigenvalue weighted by atomic mass is 10.1. The first-order chi connectivity index (χ1) is 16.0. The van der Waals surface area contributed by atoms with Crippen molar-refractivity contribution >= 4 is 23.6 Å². The molecule has 0 fully saturated rings. The summed E-state index contributed by atoms with van der Waals surface area (Å²) in [6.07, 6.45) is 7.24. The summed E-state index contributed by atoms with van der Waals surface area (Å²) in [6.45, 7) is 6.11. The van der Waals surface area contributed by atoms with E-state index < -0.39 is 8.07 Å². The largest absolute Gasteiger partial charge is 0.326 e. The van der Waals surface area contributed by atoms with Crippen LogP contribution in [0, 0.1) is 5.92 Å². The molecule has 0 aromatic heterocycles. The summed E-state index contributed by atoms with van der Waals surface area (Å²) in [4.78, 5) is 0. The topological polar surface area (TPSA) is 78.1 Å². The minimum Gasteiger partial charge on any atom is -0.326 e. The van der Waals surface area contributed by atoms with Crippen LogP contribution in [0.2, 0.25) is 5.54 Å². The maximum atomic E-state index is 6.10. The smallest absolute Gasteiger partial charge is 0.158 e. The van der Waals surface area contributed by atoms with Crippen LogP contribution in [0.3, 0.4) is 0 Å². The van der Waals surface area contributed by atoms with Gasteiger partial charge in [0.05, 0.1) is 0 Å². The van der Waals surface area contributed by atoms with E-state index in [1.165, 1.54) is 21.1 Å². The average Bonchev–Trinajstić information content (AvgIpc) is 3.36. The van der Waals surface area contributed by atoms with Crippen LogP contribution in [0.5, 0.6) is 0 Å². The van der Waals surface area contributed by atoms with E-state index in [9.17, 15) is 0 Å². The van der Waals surface area contributed by atoms with Crippen molar-refractivity contribution in [1.82, 2.24) is 0 Å². The van der Waals surface area contributed by atoms with Crippen molar-refractivity contribution in [1.29, 1.82) is 0 Å². The molecule has 0 heterocycles. The highest BCUT2D eigenvalue weighted by Gasteiger charge is 2.46. The molecule has 0 spiro atoms. The highest BCUT2D eigenvalue weighted by molar-refractivity contribution is 7.13. The Hall–Kier alpha value is -2.76. The second kappa shape index (κ2) is 10.0. The Balaban J connectivity index is 2.10. The lowest BCUT2D eigenvalue weighted by Crippen LogP contribution is -2.69. The van der Waals surface area contributed by atoms with Gasteiger partial charge >= 0.3 is 0 Å². The minimum absolute atomic E-state index is 0.281. The number of nitrogens with two attached hydrogens (primary N) is 3. The molecule has 1 unspecified atom stereocenters. The van der Waals surface area contributed by atoms with Crippen LogP contribution in [0.25, 0.3) is 0 Å². The maximum Gasteiger partial charge on any atom is 0.158 e. The first-order valence-electron chi connectivity index (χ1n) is 11.8. The molecule has 3 aromatic rings. The first-order valence-corrected chi connectivity index (χ1v) is 13.9. The van der Waals surface area contributed by atoms with Gasteiger partial charge in [-0.25, -0.2) is 0 Å². The van der Waals surface area contributed by atoms with Gasteiger partial charge in [0.2, 0.25) is 0 Å². The Labute approximate surface area is 199 Å². The Morgan fingerprint density at radius 2 is 1.12 bits per heavy atom. The normalized spacial score (nSPS) is 15.8. The monoisotopic (exact) mass is 453 g/mol. The van der Waals surface area contributed by atoms with E-state index in [4.69, 9.17) is 17.2 Å². The van der Waals surface area contributed by atoms with Crippen molar-refractivity contribution in [3.63, 3.8) is 0 Å². The molecule has 1 atom stereocenters. The van der Waals surface area contributed by atoms with E-state index in [1.54, 1.807) is 0 Å². The third-order valence-corrected chi connectivity index (χ3v) is 11.9. The zero-order valence-corrected chi connectivity index (χ0v) is 20.7. The van der Waals surface area contributed by atoms with Gasteiger partial charge in [0.15, 0.2) is 8.07 Å². The molecule has 3 nitrogen and oxygen atoms in total. The summed E-state index contributed by atoms with van der Waals surface area (Å²) in [5.74, 6) is 0.485. The van der Waals surface area contributed by atoms with Crippen LogP contribution in [0.1, 0.15) is 30.5 Å². The van der Waals surface area contributed by atoms with Gasteiger partial charge in [-0.3, -0.25) is 0 Å². The molecule has 4 heteroatoms. The van der Waals surface area contributed by atoms with Crippen molar-refractivity contribution in [2.45, 2.75) is 39.0 Å². The fourth-order valence-corrected chi connectivity index (χ4v) is 10.4. The molecule has 0 bridgehead atoms. The summed E-state index contributed by atoms with van der Waals surface area (Å²) < 4.78 is 0. The van der Waals surface area contributed by atoms with Crippen LogP contribution in [0.4, 0.5) is 0 Å². The van der Waals surface area contributed by atoms with Crippen LogP contribution >= 0.6 is 0 Å². The Bertz CT molecular complexity index is 1060. The minimum atomic E-state index is -2.55. The Morgan fingerprint density at radius 1 is 0.697 bits per heavy atom. The third-order valence-electron chi connectivity index (χ3n) is 6.89. The lowest BCUT2D eigenvalue weighted by Gasteiger charge is -2.38. The van der Waals surface area contributed by atoms with Crippen LogP contribution in [-0.4, -0.2) is 8.07 Å². The molecule has 4 rings (SSSR count). The lowest BCUT2D eigenvalue weighted by molar-refractivity contribution is 0.793. The van der Waals surface area contributed by atoms with E-state index in [0.29, 0.717) is 25.6 Å². The number of allylic oxidation sites excluding steroid dienone is 4. The summed E-state index contributed by atoms with van der Waals surface area (Å²) in [5, 5.41) is 4.10. The van der Waals surface area contributed by atoms with E-state index in [2.05, 4.69) is 105 Å². The fraction of sp³-hybridized carbons (Fsp3) is 0.241. The second-order valence-electron chi connectivity index (χ2n) is 9.23. The summed E-state index contributed by atoms with van der Waals surface area (Å²) in [7, 11) is -2.55. The molecular formula is C29H35N3Si. The highest BCUT2D eigenvalue weighted by Crippen LogP contribution is 2.34. The van der Waals surface area contributed by atoms with Crippen molar-refractivity contribution < 1.29 is 0 Å². The van der Waals surface area contributed by atoms with Crippen LogP contribution < -0.4 is 32.8 Å². The molecule has 1 aliphatic rings. The van der Waals surface area contributed by atoms with Crippen molar-refractivity contribution in [2.75, 3.05) is 0 Å². The van der Waals surface area contributed by atoms with Gasteiger partial charge < -0.3 is 17.2 Å². The van der Waals surface area contributed by atoms with Crippen LogP contribution in [-0.2, 0) is 19.6 Å². The maximum absolute atomic E-state index is 6.10. The van der Waals surface area contributed by atoms with Gasteiger partial charge in [0, 0.05) is 25.2 Å². The summed E-state index contributed by atoms with van der Waals surface area (Å²) in [5.41, 5.74) is 23.5. The zero-order chi connectivity index (χ0) is 23.4. The van der Waals surface area contributed by atoms with Gasteiger partial charge in [0.25, 0.3) is 0 Å². The molecule has 0 radical (unpaired) electrons. The van der Waals surface area contributed by atoms with Gasteiger partial charge in [-0.1, -0.05) is 105 Å². The van der Waals surface area contributed by atoms with E-state index in [-0.39, 0.29) is 5.54 Å². The quantitative estimate of drug-likeness (QED) is 0.362. The van der Waals surface area contributed by atoms with Gasteiger partial charge in [0.1, 0.15) is 0 Å². The second-order valence-corrected chi connectivity index (χ2v) is 13.2. The molecular weight excluding hydrogens is 418 g/mol. The standard InChI is InChI=1S/C29H35N3Si/c1-21(2)25-12-13-29(17-25)33(26-9-3-6-22(14-26)18-30,27-10-4-7-23(15-27)19-31)28-11-5-8-24(16-28)20-32/h3-17,21,29H,18-20,30-32H2,1-2H3.